The number of benzene rings is 4. The average molecular weight is 382 g/mol. The molecule has 0 N–H and O–H groups in total. The largest absolute Gasteiger partial charge is 0.207 e. The fourth-order valence-electron chi connectivity index (χ4n) is 6.17. The zero-order chi connectivity index (χ0) is 20.1. The summed E-state index contributed by atoms with van der Waals surface area (Å²) in [6, 6.07) is 36.4. The van der Waals surface area contributed by atoms with Crippen molar-refractivity contribution in [2.45, 2.75) is 25.5 Å². The normalized spacial score (nSPS) is 13.3. The van der Waals surface area contributed by atoms with E-state index in [0.29, 0.717) is 19.1 Å². The Morgan fingerprint density at radius 3 is 1.10 bits per heavy atom. The van der Waals surface area contributed by atoms with Crippen LogP contribution in [0.5, 0.6) is 0 Å². The van der Waals surface area contributed by atoms with Crippen molar-refractivity contribution in [2.24, 2.45) is 0 Å². The van der Waals surface area contributed by atoms with Crippen molar-refractivity contribution in [3.8, 4) is 22.3 Å². The number of fused-ring (bicyclic) bond motifs is 6. The first kappa shape index (κ1) is 17.8. The van der Waals surface area contributed by atoms with Crippen LogP contribution in [0.2, 0.25) is 5.72 Å². The van der Waals surface area contributed by atoms with Crippen LogP contribution < -0.4 is 21.9 Å². The molecule has 4 aromatic carbocycles. The van der Waals surface area contributed by atoms with Crippen LogP contribution in [0.4, 0.5) is 0 Å². The zero-order valence-corrected chi connectivity index (χ0v) is 17.4. The molecule has 0 atom stereocenters. The molecule has 2 heterocycles. The van der Waals surface area contributed by atoms with E-state index in [2.05, 4.69) is 104 Å². The second-order valence-electron chi connectivity index (χ2n) is 8.76. The summed E-state index contributed by atoms with van der Waals surface area (Å²) in [6.45, 7) is 3.23. The smallest absolute Gasteiger partial charge is 0.0669 e. The Kier molecular flexibility index (Phi) is 4.20. The van der Waals surface area contributed by atoms with Crippen molar-refractivity contribution >= 4 is 35.3 Å². The first-order valence-corrected chi connectivity index (χ1v) is 11.2. The number of hydrogen-bond donors (Lipinski definition) is 0. The van der Waals surface area contributed by atoms with E-state index in [4.69, 9.17) is 0 Å². The molecule has 0 bridgehead atoms. The van der Waals surface area contributed by atoms with Crippen LogP contribution in [0.3, 0.4) is 0 Å². The molecular weight excluding hydrogens is 358 g/mol. The molecule has 2 aliphatic rings. The maximum absolute atomic E-state index is 2.37. The average Bonchev–Trinajstić information content (AvgIpc) is 3.31. The first-order chi connectivity index (χ1) is 14.9. The number of rotatable bonds is 4. The highest BCUT2D eigenvalue weighted by Gasteiger charge is 2.46. The summed E-state index contributed by atoms with van der Waals surface area (Å²) in [5.41, 5.74) is 12.3. The first-order valence-electron chi connectivity index (χ1n) is 11.2. The van der Waals surface area contributed by atoms with Gasteiger partial charge in [-0.15, -0.1) is 0 Å². The van der Waals surface area contributed by atoms with E-state index in [9.17, 15) is 0 Å². The molecule has 0 amide bonds. The Bertz CT molecular complexity index is 1060. The lowest BCUT2D eigenvalue weighted by Crippen LogP contribution is -2.54. The Balaban J connectivity index is 1.58. The quantitative estimate of drug-likeness (QED) is 0.463. The maximum atomic E-state index is 2.37. The fourth-order valence-corrected chi connectivity index (χ4v) is 6.17. The summed E-state index contributed by atoms with van der Waals surface area (Å²) < 4.78 is 0. The second-order valence-corrected chi connectivity index (χ2v) is 8.76. The summed E-state index contributed by atoms with van der Waals surface area (Å²) in [5, 5.41) is 0. The molecular formula is C28H24B2. The zero-order valence-electron chi connectivity index (χ0n) is 17.4. The fraction of sp³-hybridized carbons (Fsp3) is 0.143. The van der Waals surface area contributed by atoms with Crippen molar-refractivity contribution in [1.82, 2.24) is 0 Å². The van der Waals surface area contributed by atoms with Crippen LogP contribution in [-0.2, 0) is 0 Å². The van der Waals surface area contributed by atoms with E-state index < -0.39 is 0 Å². The minimum atomic E-state index is 0.446. The standard InChI is InChI=1S/C28H24B2/c1-2-11-28(29-24-16-7-3-12-20(24)21-13-4-8-17-25(21)29)30-26-18-9-5-14-22(26)23-15-6-10-19-27(23)30/h3-10,12-19,28H,2,11H2,1H3. The van der Waals surface area contributed by atoms with Crippen molar-refractivity contribution in [3.05, 3.63) is 97.1 Å². The molecule has 0 aliphatic carbocycles. The Morgan fingerprint density at radius 1 is 0.500 bits per heavy atom. The molecule has 0 unspecified atom stereocenters. The highest BCUT2D eigenvalue weighted by atomic mass is 14.2. The van der Waals surface area contributed by atoms with Crippen molar-refractivity contribution in [3.63, 3.8) is 0 Å². The monoisotopic (exact) mass is 382 g/mol. The van der Waals surface area contributed by atoms with Gasteiger partial charge in [-0.25, -0.2) is 0 Å². The third kappa shape index (κ3) is 2.50. The summed E-state index contributed by atoms with van der Waals surface area (Å²) in [4.78, 5) is 0. The molecule has 6 rings (SSSR count). The summed E-state index contributed by atoms with van der Waals surface area (Å²) in [5.74, 6) is 0. The Labute approximate surface area is 180 Å². The second kappa shape index (κ2) is 7.06. The molecule has 0 saturated carbocycles. The highest BCUT2D eigenvalue weighted by molar-refractivity contribution is 7.06. The van der Waals surface area contributed by atoms with Gasteiger partial charge in [0.1, 0.15) is 0 Å². The van der Waals surface area contributed by atoms with Crippen LogP contribution in [0.25, 0.3) is 22.3 Å². The van der Waals surface area contributed by atoms with E-state index in [1.165, 1.54) is 56.9 Å². The van der Waals surface area contributed by atoms with E-state index in [0.717, 1.165) is 0 Å². The third-order valence-electron chi connectivity index (χ3n) is 7.24. The van der Waals surface area contributed by atoms with Crippen molar-refractivity contribution in [1.29, 1.82) is 0 Å². The molecule has 142 valence electrons. The van der Waals surface area contributed by atoms with Crippen LogP contribution >= 0.6 is 0 Å². The SMILES string of the molecule is CCCC(B1c2ccccc2-c2ccccc21)B1c2ccccc2-c2ccccc21. The molecule has 0 spiro atoms. The van der Waals surface area contributed by atoms with E-state index in [-0.39, 0.29) is 0 Å². The predicted octanol–water partition coefficient (Wildman–Crippen LogP) is 4.28. The van der Waals surface area contributed by atoms with Crippen molar-refractivity contribution < 1.29 is 0 Å². The highest BCUT2D eigenvalue weighted by Crippen LogP contribution is 2.35. The number of hydrogen-bond acceptors (Lipinski definition) is 0. The minimum absolute atomic E-state index is 0.446. The van der Waals surface area contributed by atoms with Gasteiger partial charge < -0.3 is 0 Å². The van der Waals surface area contributed by atoms with Gasteiger partial charge in [-0.2, -0.15) is 0 Å². The molecule has 0 radical (unpaired) electrons. The van der Waals surface area contributed by atoms with E-state index in [1.807, 2.05) is 0 Å². The van der Waals surface area contributed by atoms with E-state index >= 15 is 0 Å². The van der Waals surface area contributed by atoms with Gasteiger partial charge in [-0.3, -0.25) is 0 Å². The molecule has 4 aromatic rings. The predicted molar refractivity (Wildman–Crippen MR) is 132 cm³/mol. The van der Waals surface area contributed by atoms with Crippen LogP contribution in [0, 0.1) is 0 Å². The van der Waals surface area contributed by atoms with Crippen LogP contribution in [0.15, 0.2) is 97.1 Å². The summed E-state index contributed by atoms with van der Waals surface area (Å²) in [7, 11) is 0. The van der Waals surface area contributed by atoms with Gasteiger partial charge in [0.2, 0.25) is 13.4 Å². The molecule has 0 aromatic heterocycles. The molecule has 30 heavy (non-hydrogen) atoms. The third-order valence-corrected chi connectivity index (χ3v) is 7.24. The summed E-state index contributed by atoms with van der Waals surface area (Å²) in [6.07, 6.45) is 2.42. The van der Waals surface area contributed by atoms with Gasteiger partial charge in [0.15, 0.2) is 0 Å². The molecule has 0 fully saturated rings. The molecule has 0 saturated heterocycles. The lowest BCUT2D eigenvalue weighted by atomic mass is 9.16. The Morgan fingerprint density at radius 2 is 0.800 bits per heavy atom. The maximum Gasteiger partial charge on any atom is 0.207 e. The topological polar surface area (TPSA) is 0 Å². The Hall–Kier alpha value is -2.99. The van der Waals surface area contributed by atoms with Crippen molar-refractivity contribution in [2.75, 3.05) is 0 Å². The molecule has 2 heteroatoms. The van der Waals surface area contributed by atoms with Gasteiger partial charge in [0.25, 0.3) is 0 Å². The van der Waals surface area contributed by atoms with Gasteiger partial charge in [-0.1, -0.05) is 144 Å². The van der Waals surface area contributed by atoms with Gasteiger partial charge in [0, 0.05) is 0 Å². The van der Waals surface area contributed by atoms with Gasteiger partial charge in [0.05, 0.1) is 0 Å². The van der Waals surface area contributed by atoms with Crippen LogP contribution in [0.1, 0.15) is 19.8 Å². The molecule has 2 aliphatic heterocycles. The van der Waals surface area contributed by atoms with Crippen LogP contribution in [-0.4, -0.2) is 13.4 Å². The lowest BCUT2D eigenvalue weighted by molar-refractivity contribution is 0.838. The van der Waals surface area contributed by atoms with Gasteiger partial charge in [-0.05, 0) is 22.3 Å². The van der Waals surface area contributed by atoms with E-state index in [1.54, 1.807) is 0 Å². The lowest BCUT2D eigenvalue weighted by Gasteiger charge is -2.28. The minimum Gasteiger partial charge on any atom is -0.0669 e. The molecule has 0 nitrogen and oxygen atoms in total. The summed E-state index contributed by atoms with van der Waals surface area (Å²) >= 11 is 0. The van der Waals surface area contributed by atoms with Gasteiger partial charge >= 0.3 is 0 Å².